The average molecular weight is 790 g/mol. The largest absolute Gasteiger partial charge is 0.469 e. The summed E-state index contributed by atoms with van der Waals surface area (Å²) in [5.74, 6) is 0.650. The summed E-state index contributed by atoms with van der Waals surface area (Å²) in [4.78, 5) is 59.6. The Labute approximate surface area is 337 Å². The van der Waals surface area contributed by atoms with Gasteiger partial charge in [0, 0.05) is 48.5 Å². The lowest BCUT2D eigenvalue weighted by molar-refractivity contribution is -0.140. The molecule has 2 aromatic heterocycles. The summed E-state index contributed by atoms with van der Waals surface area (Å²) >= 11 is 6.01. The van der Waals surface area contributed by atoms with Crippen LogP contribution in [0.25, 0.3) is 11.0 Å². The van der Waals surface area contributed by atoms with Crippen LogP contribution < -0.4 is 4.90 Å². The van der Waals surface area contributed by atoms with Crippen molar-refractivity contribution in [3.05, 3.63) is 77.0 Å². The molecule has 2 N–H and O–H groups in total. The molecule has 11 heteroatoms. The van der Waals surface area contributed by atoms with E-state index in [-0.39, 0.29) is 54.2 Å². The minimum absolute atomic E-state index is 0.127. The number of aromatic nitrogens is 2. The molecule has 0 bridgehead atoms. The predicted molar refractivity (Wildman–Crippen MR) is 220 cm³/mol. The molecule has 5 atom stereocenters. The van der Waals surface area contributed by atoms with Gasteiger partial charge in [0.05, 0.1) is 24.9 Å². The number of hydrogen-bond acceptors (Lipinski definition) is 9. The number of halogens is 1. The molecule has 1 saturated carbocycles. The van der Waals surface area contributed by atoms with E-state index in [2.05, 4.69) is 35.5 Å². The molecule has 0 saturated heterocycles. The van der Waals surface area contributed by atoms with Crippen molar-refractivity contribution in [3.8, 4) is 0 Å². The second kappa shape index (κ2) is 21.5. The Kier molecular flexibility index (Phi) is 17.2. The maximum atomic E-state index is 13.2. The van der Waals surface area contributed by atoms with Crippen LogP contribution in [0.15, 0.2) is 60.7 Å². The molecule has 3 heterocycles. The van der Waals surface area contributed by atoms with Crippen LogP contribution in [0.2, 0.25) is 5.15 Å². The Hall–Kier alpha value is -3.99. The number of aliphatic hydroxyl groups is 2. The van der Waals surface area contributed by atoms with Crippen molar-refractivity contribution in [2.45, 2.75) is 135 Å². The number of anilines is 1. The Bertz CT molecular complexity index is 1830. The first-order valence-electron chi connectivity index (χ1n) is 20.3. The minimum Gasteiger partial charge on any atom is -0.469 e. The van der Waals surface area contributed by atoms with Crippen molar-refractivity contribution >= 4 is 51.9 Å². The molecule has 0 radical (unpaired) electrons. The van der Waals surface area contributed by atoms with E-state index < -0.39 is 11.7 Å². The zero-order valence-corrected chi connectivity index (χ0v) is 34.5. The van der Waals surface area contributed by atoms with E-state index in [1.54, 1.807) is 23.1 Å². The van der Waals surface area contributed by atoms with Gasteiger partial charge in [-0.05, 0) is 80.8 Å². The number of Topliss-reactive ketones (excluding diaryl/α,β-unsaturated/α-hetero) is 2. The molecule has 56 heavy (non-hydrogen) atoms. The number of amides is 1. The third kappa shape index (κ3) is 12.8. The van der Waals surface area contributed by atoms with E-state index in [0.717, 1.165) is 68.7 Å². The number of nitrogens with zero attached hydrogens (tertiary/aromatic N) is 3. The molecule has 3 aromatic rings. The highest BCUT2D eigenvalue weighted by Gasteiger charge is 2.40. The Morgan fingerprint density at radius 1 is 1.02 bits per heavy atom. The number of esters is 1. The van der Waals surface area contributed by atoms with E-state index in [1.165, 1.54) is 7.11 Å². The quantitative estimate of drug-likeness (QED) is 0.0525. The van der Waals surface area contributed by atoms with Gasteiger partial charge in [-0.25, -0.2) is 9.97 Å². The first-order valence-corrected chi connectivity index (χ1v) is 20.7. The van der Waals surface area contributed by atoms with Crippen LogP contribution in [-0.2, 0) is 19.1 Å². The van der Waals surface area contributed by atoms with E-state index in [0.29, 0.717) is 47.4 Å². The van der Waals surface area contributed by atoms with Crippen LogP contribution in [0.4, 0.5) is 5.82 Å². The van der Waals surface area contributed by atoms with Crippen molar-refractivity contribution in [1.82, 2.24) is 9.97 Å². The zero-order chi connectivity index (χ0) is 40.8. The molecule has 0 spiro atoms. The first-order chi connectivity index (χ1) is 26.7. The van der Waals surface area contributed by atoms with Crippen molar-refractivity contribution in [3.63, 3.8) is 0 Å². The third-order valence-electron chi connectivity index (χ3n) is 10.8. The number of ether oxygens (including phenoxy) is 1. The molecule has 10 nitrogen and oxygen atoms in total. The molecule has 2 unspecified atom stereocenters. The minimum atomic E-state index is -0.727. The van der Waals surface area contributed by atoms with Gasteiger partial charge in [0.15, 0.2) is 5.65 Å². The van der Waals surface area contributed by atoms with Crippen molar-refractivity contribution in [2.24, 2.45) is 17.8 Å². The highest BCUT2D eigenvalue weighted by atomic mass is 35.5. The topological polar surface area (TPSA) is 147 Å². The van der Waals surface area contributed by atoms with Gasteiger partial charge in [0.1, 0.15) is 22.5 Å². The number of benzene rings is 1. The second-order valence-corrected chi connectivity index (χ2v) is 16.4. The summed E-state index contributed by atoms with van der Waals surface area (Å²) < 4.78 is 4.62. The number of fused-ring (bicyclic) bond motifs is 2. The maximum absolute atomic E-state index is 13.2. The summed E-state index contributed by atoms with van der Waals surface area (Å²) in [6.45, 7) is 8.15. The number of rotatable bonds is 19. The highest BCUT2D eigenvalue weighted by Crippen LogP contribution is 2.40. The van der Waals surface area contributed by atoms with Crippen LogP contribution in [-0.4, -0.2) is 62.4 Å². The van der Waals surface area contributed by atoms with Gasteiger partial charge >= 0.3 is 5.97 Å². The van der Waals surface area contributed by atoms with E-state index in [1.807, 2.05) is 49.4 Å². The average Bonchev–Trinajstić information content (AvgIpc) is 3.60. The van der Waals surface area contributed by atoms with Crippen molar-refractivity contribution < 1.29 is 34.1 Å². The molecule has 1 aliphatic carbocycles. The molecule has 1 fully saturated rings. The molecule has 5 rings (SSSR count). The smallest absolute Gasteiger partial charge is 0.305 e. The highest BCUT2D eigenvalue weighted by molar-refractivity contribution is 6.29. The molecule has 304 valence electrons. The van der Waals surface area contributed by atoms with Gasteiger partial charge in [0.25, 0.3) is 5.91 Å². The van der Waals surface area contributed by atoms with Crippen LogP contribution in [0.5, 0.6) is 0 Å². The maximum Gasteiger partial charge on any atom is 0.305 e. The number of pyridine rings is 2. The Morgan fingerprint density at radius 2 is 1.75 bits per heavy atom. The van der Waals surface area contributed by atoms with Crippen LogP contribution in [0, 0.1) is 17.8 Å². The SMILES string of the molecule is CC(C)CCC(=O)CC1c2ccccc2C(=O)N1c1ccc2ccc(Cl)nc2n1.CCCCC(C)(O)C/C=C/[C@H]1[C@H](O)CC(=O)[C@@H]1CCCCCCC(=O)OC. The van der Waals surface area contributed by atoms with Crippen molar-refractivity contribution in [1.29, 1.82) is 0 Å². The number of carbonyl (C=O) groups is 4. The van der Waals surface area contributed by atoms with Crippen LogP contribution in [0.3, 0.4) is 0 Å². The summed E-state index contributed by atoms with van der Waals surface area (Å²) in [6, 6.07) is 14.3. The number of aliphatic hydroxyl groups excluding tert-OH is 1. The summed E-state index contributed by atoms with van der Waals surface area (Å²) in [5.41, 5.74) is 1.24. The molecule has 1 amide bonds. The van der Waals surface area contributed by atoms with Gasteiger partial charge in [-0.2, -0.15) is 0 Å². The van der Waals surface area contributed by atoms with E-state index >= 15 is 0 Å². The number of hydrogen-bond donors (Lipinski definition) is 2. The standard InChI is InChI=1S/C23H22ClN3O2.C22H38O5/c1-14(2)7-10-16(28)13-19-17-5-3-4-6-18(17)23(29)27(19)21-12-9-15-8-11-20(24)25-22(15)26-21;1-4-5-14-22(2,26)15-10-12-18-17(19(23)16-20(18)24)11-8-6-7-9-13-21(25)27-3/h3-6,8-9,11-12,14,19H,7,10,13H2,1-2H3;10,12,17-18,20,24,26H,4-9,11,13-16H2,1-3H3/b;12-10+/t;17-,18-,20-,22?/m.1/s1. The lowest BCUT2D eigenvalue weighted by Gasteiger charge is -2.24. The Balaban J connectivity index is 0.000000250. The number of methoxy groups -OCH3 is 1. The lowest BCUT2D eigenvalue weighted by Crippen LogP contribution is -2.30. The van der Waals surface area contributed by atoms with Gasteiger partial charge in [0.2, 0.25) is 0 Å². The number of unbranched alkanes of at least 4 members (excludes halogenated alkanes) is 4. The molecule has 1 aromatic carbocycles. The molecule has 1 aliphatic heterocycles. The third-order valence-corrected chi connectivity index (χ3v) is 11.1. The number of carbonyl (C=O) groups excluding carboxylic acids is 4. The predicted octanol–water partition coefficient (Wildman–Crippen LogP) is 9.33. The summed E-state index contributed by atoms with van der Waals surface area (Å²) in [7, 11) is 1.40. The van der Waals surface area contributed by atoms with Crippen molar-refractivity contribution in [2.75, 3.05) is 12.0 Å². The fraction of sp³-hybridized carbons (Fsp3) is 0.556. The lowest BCUT2D eigenvalue weighted by atomic mass is 9.87. The zero-order valence-electron chi connectivity index (χ0n) is 33.7. The normalized spacial score (nSPS) is 20.3. The fourth-order valence-corrected chi connectivity index (χ4v) is 7.69. The van der Waals surface area contributed by atoms with Gasteiger partial charge in [-0.3, -0.25) is 24.1 Å². The fourth-order valence-electron chi connectivity index (χ4n) is 7.55. The van der Waals surface area contributed by atoms with Crippen LogP contribution in [0.1, 0.15) is 140 Å². The van der Waals surface area contributed by atoms with Crippen LogP contribution >= 0.6 is 11.6 Å². The summed E-state index contributed by atoms with van der Waals surface area (Å²) in [6.07, 6.45) is 13.3. The Morgan fingerprint density at radius 3 is 2.48 bits per heavy atom. The van der Waals surface area contributed by atoms with Gasteiger partial charge in [-0.1, -0.05) is 94.8 Å². The second-order valence-electron chi connectivity index (χ2n) is 16.0. The molecular formula is C45H60ClN3O7. The van der Waals surface area contributed by atoms with Gasteiger partial charge in [-0.15, -0.1) is 0 Å². The van der Waals surface area contributed by atoms with E-state index in [9.17, 15) is 29.4 Å². The first kappa shape index (κ1) is 44.7. The summed E-state index contributed by atoms with van der Waals surface area (Å²) in [5, 5.41) is 21.8. The monoisotopic (exact) mass is 789 g/mol. The number of ketones is 2. The molecule has 2 aliphatic rings. The molecular weight excluding hydrogens is 730 g/mol. The van der Waals surface area contributed by atoms with Gasteiger partial charge < -0.3 is 14.9 Å². The van der Waals surface area contributed by atoms with E-state index in [4.69, 9.17) is 11.6 Å².